The SMILES string of the molecule is Cc1cc(C(=O)N2CC[C@@H](N)C2)c(C)n1-c1ccc2c(c1)OCCO2. The average molecular weight is 341 g/mol. The van der Waals surface area contributed by atoms with Crippen LogP contribution in [0.15, 0.2) is 24.3 Å². The van der Waals surface area contributed by atoms with E-state index < -0.39 is 0 Å². The molecule has 6 nitrogen and oxygen atoms in total. The van der Waals surface area contributed by atoms with Crippen LogP contribution in [0.1, 0.15) is 28.2 Å². The number of nitrogens with zero attached hydrogens (tertiary/aromatic N) is 2. The molecule has 3 heterocycles. The molecule has 1 amide bonds. The molecule has 2 N–H and O–H groups in total. The molecule has 1 fully saturated rings. The van der Waals surface area contributed by atoms with Crippen LogP contribution < -0.4 is 15.2 Å². The van der Waals surface area contributed by atoms with Crippen LogP contribution >= 0.6 is 0 Å². The number of nitrogens with two attached hydrogens (primary N) is 1. The Balaban J connectivity index is 1.69. The molecule has 6 heteroatoms. The lowest BCUT2D eigenvalue weighted by molar-refractivity contribution is 0.0790. The normalized spacial score (nSPS) is 19.3. The van der Waals surface area contributed by atoms with E-state index in [0.717, 1.165) is 47.1 Å². The molecule has 1 atom stereocenters. The largest absolute Gasteiger partial charge is 0.486 e. The standard InChI is InChI=1S/C19H23N3O3/c1-12-9-16(19(23)21-6-5-14(20)11-21)13(2)22(12)15-3-4-17-18(10-15)25-8-7-24-17/h3-4,9-10,14H,5-8,11,20H2,1-2H3/t14-/m1/s1. The minimum Gasteiger partial charge on any atom is -0.486 e. The first-order chi connectivity index (χ1) is 12.0. The molecule has 0 saturated carbocycles. The van der Waals surface area contributed by atoms with Gasteiger partial charge in [-0.25, -0.2) is 0 Å². The van der Waals surface area contributed by atoms with Crippen LogP contribution in [-0.4, -0.2) is 47.7 Å². The van der Waals surface area contributed by atoms with Crippen LogP contribution in [-0.2, 0) is 0 Å². The predicted octanol–water partition coefficient (Wildman–Crippen LogP) is 2.04. The highest BCUT2D eigenvalue weighted by Gasteiger charge is 2.27. The molecule has 1 aromatic carbocycles. The molecule has 25 heavy (non-hydrogen) atoms. The average Bonchev–Trinajstić information content (AvgIpc) is 3.17. The van der Waals surface area contributed by atoms with Gasteiger partial charge in [-0.1, -0.05) is 0 Å². The number of rotatable bonds is 2. The van der Waals surface area contributed by atoms with Gasteiger partial charge >= 0.3 is 0 Å². The zero-order valence-electron chi connectivity index (χ0n) is 14.6. The highest BCUT2D eigenvalue weighted by molar-refractivity contribution is 5.96. The maximum atomic E-state index is 12.9. The molecule has 0 aliphatic carbocycles. The number of aromatic nitrogens is 1. The van der Waals surface area contributed by atoms with Crippen LogP contribution in [0.3, 0.4) is 0 Å². The number of carbonyl (C=O) groups is 1. The van der Waals surface area contributed by atoms with Crippen molar-refractivity contribution in [2.45, 2.75) is 26.3 Å². The number of fused-ring (bicyclic) bond motifs is 1. The van der Waals surface area contributed by atoms with Gasteiger partial charge in [-0.3, -0.25) is 4.79 Å². The second-order valence-corrected chi connectivity index (χ2v) is 6.75. The third-order valence-electron chi connectivity index (χ3n) is 4.96. The Morgan fingerprint density at radius 3 is 2.64 bits per heavy atom. The topological polar surface area (TPSA) is 69.7 Å². The minimum absolute atomic E-state index is 0.0600. The Labute approximate surface area is 147 Å². The number of benzene rings is 1. The fourth-order valence-corrected chi connectivity index (χ4v) is 3.69. The number of ether oxygens (including phenoxy) is 2. The van der Waals surface area contributed by atoms with E-state index in [-0.39, 0.29) is 11.9 Å². The molecule has 1 saturated heterocycles. The maximum absolute atomic E-state index is 12.9. The molecule has 0 unspecified atom stereocenters. The van der Waals surface area contributed by atoms with Gasteiger partial charge in [0.25, 0.3) is 5.91 Å². The van der Waals surface area contributed by atoms with Crippen LogP contribution in [0.5, 0.6) is 11.5 Å². The molecular weight excluding hydrogens is 318 g/mol. The smallest absolute Gasteiger partial charge is 0.255 e. The molecular formula is C19H23N3O3. The summed E-state index contributed by atoms with van der Waals surface area (Å²) in [7, 11) is 0. The summed E-state index contributed by atoms with van der Waals surface area (Å²) in [6.07, 6.45) is 0.868. The molecule has 1 aromatic heterocycles. The van der Waals surface area contributed by atoms with Crippen molar-refractivity contribution >= 4 is 5.91 Å². The number of hydrogen-bond acceptors (Lipinski definition) is 4. The maximum Gasteiger partial charge on any atom is 0.255 e. The Morgan fingerprint density at radius 2 is 1.92 bits per heavy atom. The van der Waals surface area contributed by atoms with Crippen molar-refractivity contribution in [1.29, 1.82) is 0 Å². The van der Waals surface area contributed by atoms with Gasteiger partial charge in [-0.2, -0.15) is 0 Å². The second kappa shape index (κ2) is 6.11. The van der Waals surface area contributed by atoms with Crippen molar-refractivity contribution < 1.29 is 14.3 Å². The molecule has 2 aromatic rings. The third kappa shape index (κ3) is 2.76. The van der Waals surface area contributed by atoms with Crippen molar-refractivity contribution in [3.05, 3.63) is 41.2 Å². The Hall–Kier alpha value is -2.47. The van der Waals surface area contributed by atoms with Gasteiger partial charge in [0.2, 0.25) is 0 Å². The van der Waals surface area contributed by atoms with Gasteiger partial charge in [0.1, 0.15) is 13.2 Å². The van der Waals surface area contributed by atoms with Crippen LogP contribution in [0.4, 0.5) is 0 Å². The third-order valence-corrected chi connectivity index (χ3v) is 4.96. The van der Waals surface area contributed by atoms with Gasteiger partial charge in [0.05, 0.1) is 5.56 Å². The van der Waals surface area contributed by atoms with Gasteiger partial charge in [-0.05, 0) is 38.5 Å². The summed E-state index contributed by atoms with van der Waals surface area (Å²) in [5.74, 6) is 1.57. The monoisotopic (exact) mass is 341 g/mol. The number of carbonyl (C=O) groups excluding carboxylic acids is 1. The summed E-state index contributed by atoms with van der Waals surface area (Å²) in [4.78, 5) is 14.7. The van der Waals surface area contributed by atoms with E-state index in [9.17, 15) is 4.79 Å². The Kier molecular flexibility index (Phi) is 3.92. The van der Waals surface area contributed by atoms with E-state index in [1.165, 1.54) is 0 Å². The van der Waals surface area contributed by atoms with Crippen molar-refractivity contribution in [2.24, 2.45) is 5.73 Å². The molecule has 0 radical (unpaired) electrons. The van der Waals surface area contributed by atoms with E-state index in [1.807, 2.05) is 43.0 Å². The molecule has 4 rings (SSSR count). The molecule has 0 spiro atoms. The van der Waals surface area contributed by atoms with E-state index in [1.54, 1.807) is 0 Å². The number of aryl methyl sites for hydroxylation is 1. The Bertz CT molecular complexity index is 828. The summed E-state index contributed by atoms with van der Waals surface area (Å²) in [5.41, 5.74) is 9.60. The lowest BCUT2D eigenvalue weighted by Crippen LogP contribution is -2.32. The van der Waals surface area contributed by atoms with Crippen LogP contribution in [0, 0.1) is 13.8 Å². The first-order valence-electron chi connectivity index (χ1n) is 8.68. The van der Waals surface area contributed by atoms with E-state index in [2.05, 4.69) is 4.57 Å². The fourth-order valence-electron chi connectivity index (χ4n) is 3.69. The summed E-state index contributed by atoms with van der Waals surface area (Å²) in [5, 5.41) is 0. The zero-order valence-corrected chi connectivity index (χ0v) is 14.6. The zero-order chi connectivity index (χ0) is 17.6. The van der Waals surface area contributed by atoms with Crippen molar-refractivity contribution in [3.8, 4) is 17.2 Å². The van der Waals surface area contributed by atoms with E-state index in [0.29, 0.717) is 19.8 Å². The van der Waals surface area contributed by atoms with E-state index >= 15 is 0 Å². The molecule has 2 aliphatic heterocycles. The van der Waals surface area contributed by atoms with Crippen molar-refractivity contribution in [1.82, 2.24) is 9.47 Å². The number of amides is 1. The number of hydrogen-bond donors (Lipinski definition) is 1. The predicted molar refractivity (Wildman–Crippen MR) is 94.7 cm³/mol. The second-order valence-electron chi connectivity index (χ2n) is 6.75. The molecule has 0 bridgehead atoms. The summed E-state index contributed by atoms with van der Waals surface area (Å²) >= 11 is 0. The Morgan fingerprint density at radius 1 is 1.16 bits per heavy atom. The number of likely N-dealkylation sites (tertiary alicyclic amines) is 1. The molecule has 2 aliphatic rings. The van der Waals surface area contributed by atoms with Crippen LogP contribution in [0.25, 0.3) is 5.69 Å². The van der Waals surface area contributed by atoms with Gasteiger partial charge < -0.3 is 24.7 Å². The summed E-state index contributed by atoms with van der Waals surface area (Å²) in [6, 6.07) is 7.93. The first-order valence-corrected chi connectivity index (χ1v) is 8.68. The minimum atomic E-state index is 0.0600. The van der Waals surface area contributed by atoms with Gasteiger partial charge in [0, 0.05) is 42.3 Å². The van der Waals surface area contributed by atoms with E-state index in [4.69, 9.17) is 15.2 Å². The molecule has 132 valence electrons. The fraction of sp³-hybridized carbons (Fsp3) is 0.421. The van der Waals surface area contributed by atoms with Crippen molar-refractivity contribution in [2.75, 3.05) is 26.3 Å². The highest BCUT2D eigenvalue weighted by atomic mass is 16.6. The quantitative estimate of drug-likeness (QED) is 0.907. The summed E-state index contributed by atoms with van der Waals surface area (Å²) < 4.78 is 13.4. The van der Waals surface area contributed by atoms with Gasteiger partial charge in [-0.15, -0.1) is 0 Å². The lowest BCUT2D eigenvalue weighted by atomic mass is 10.2. The van der Waals surface area contributed by atoms with Crippen molar-refractivity contribution in [3.63, 3.8) is 0 Å². The van der Waals surface area contributed by atoms with Crippen LogP contribution in [0.2, 0.25) is 0 Å². The lowest BCUT2D eigenvalue weighted by Gasteiger charge is -2.20. The first kappa shape index (κ1) is 16.0. The highest BCUT2D eigenvalue weighted by Crippen LogP contribution is 2.33. The summed E-state index contributed by atoms with van der Waals surface area (Å²) in [6.45, 7) is 6.48. The van der Waals surface area contributed by atoms with Gasteiger partial charge in [0.15, 0.2) is 11.5 Å².